The van der Waals surface area contributed by atoms with Gasteiger partial charge in [0.15, 0.2) is 0 Å². The van der Waals surface area contributed by atoms with Crippen LogP contribution in [0.4, 0.5) is 5.82 Å². The van der Waals surface area contributed by atoms with E-state index < -0.39 is 53.7 Å². The van der Waals surface area contributed by atoms with Crippen molar-refractivity contribution in [3.63, 3.8) is 0 Å². The molecule has 37 heavy (non-hydrogen) atoms. The number of rotatable bonds is 9. The minimum absolute atomic E-state index is 0. The minimum Gasteiger partial charge on any atom is -0.870 e. The van der Waals surface area contributed by atoms with Crippen molar-refractivity contribution in [2.75, 3.05) is 12.3 Å². The number of nitrogens with zero attached hydrogens (tertiary/aromatic N) is 3. The topological polar surface area (TPSA) is 299 Å². The summed E-state index contributed by atoms with van der Waals surface area (Å²) in [5, 5.41) is 0.219. The summed E-state index contributed by atoms with van der Waals surface area (Å²) in [6, 6.07) is 0. The molecular formula is C15H24N5O13P3Rb-. The number of aromatic nitrogens is 3. The number of fused-ring (bicyclic) bond motifs is 1. The van der Waals surface area contributed by atoms with Crippen LogP contribution in [-0.2, 0) is 37.3 Å². The molecule has 204 valence electrons. The number of anilines is 1. The van der Waals surface area contributed by atoms with Gasteiger partial charge < -0.3 is 45.8 Å². The van der Waals surface area contributed by atoms with E-state index in [1.165, 1.54) is 10.8 Å². The Balaban J connectivity index is 0.00000342. The van der Waals surface area contributed by atoms with Crippen molar-refractivity contribution in [3.8, 4) is 0 Å². The maximum atomic E-state index is 12.0. The Morgan fingerprint density at radius 3 is 2.35 bits per heavy atom. The van der Waals surface area contributed by atoms with E-state index in [1.807, 2.05) is 0 Å². The average molecular weight is 661 g/mol. The zero-order valence-electron chi connectivity index (χ0n) is 19.9. The third kappa shape index (κ3) is 8.27. The molecule has 1 fully saturated rings. The van der Waals surface area contributed by atoms with Crippen molar-refractivity contribution in [1.82, 2.24) is 14.5 Å². The molecule has 0 spiro atoms. The monoisotopic (exact) mass is 660 g/mol. The first kappa shape index (κ1) is 35.1. The van der Waals surface area contributed by atoms with Crippen molar-refractivity contribution in [1.29, 1.82) is 0 Å². The van der Waals surface area contributed by atoms with Crippen molar-refractivity contribution in [3.05, 3.63) is 24.0 Å². The fraction of sp³-hybridized carbons (Fsp3) is 0.467. The summed E-state index contributed by atoms with van der Waals surface area (Å²) in [6.45, 7) is 4.28. The van der Waals surface area contributed by atoms with Crippen LogP contribution in [0, 0.1) is 19.3 Å². The summed E-state index contributed by atoms with van der Waals surface area (Å²) >= 11 is 0. The third-order valence-electron chi connectivity index (χ3n) is 5.09. The average Bonchev–Trinajstić information content (AvgIpc) is 3.16. The molecule has 9 N–H and O–H groups in total. The number of carbonyl (C=O) groups is 1. The van der Waals surface area contributed by atoms with Gasteiger partial charge in [-0.3, -0.25) is 15.7 Å². The van der Waals surface area contributed by atoms with Gasteiger partial charge in [0.1, 0.15) is 23.0 Å². The van der Waals surface area contributed by atoms with E-state index in [-0.39, 0.29) is 86.1 Å². The normalized spacial score (nSPS) is 25.1. The number of nitrogens with two attached hydrogens (primary N) is 2. The molecular weight excluding hydrogens is 637 g/mol. The van der Waals surface area contributed by atoms with Gasteiger partial charge in [0.25, 0.3) is 5.91 Å². The van der Waals surface area contributed by atoms with Crippen molar-refractivity contribution < 1.29 is 120 Å². The Morgan fingerprint density at radius 2 is 1.81 bits per heavy atom. The number of phosphoric acid groups is 3. The molecule has 3 heterocycles. The van der Waals surface area contributed by atoms with Gasteiger partial charge in [-0.25, -0.2) is 23.7 Å². The Labute approximate surface area is 258 Å². The Hall–Kier alpha value is 0.0252. The summed E-state index contributed by atoms with van der Waals surface area (Å²) in [5.74, 6) is -0.865. The summed E-state index contributed by atoms with van der Waals surface area (Å²) < 4.78 is 53.7. The van der Waals surface area contributed by atoms with E-state index in [0.717, 1.165) is 0 Å². The largest absolute Gasteiger partial charge is 1.00 e. The van der Waals surface area contributed by atoms with E-state index in [1.54, 1.807) is 27.2 Å². The first-order valence-electron chi connectivity index (χ1n) is 9.60. The molecule has 0 aromatic carbocycles. The third-order valence-corrected chi connectivity index (χ3v) is 8.89. The first-order chi connectivity index (χ1) is 15.8. The molecule has 0 aliphatic carbocycles. The molecule has 18 nitrogen and oxygen atoms in total. The van der Waals surface area contributed by atoms with Crippen molar-refractivity contribution >= 4 is 46.2 Å². The zero-order chi connectivity index (χ0) is 26.6. The second-order valence-corrected chi connectivity index (χ2v) is 12.1. The van der Waals surface area contributed by atoms with Crippen molar-refractivity contribution in [2.45, 2.75) is 32.6 Å². The Bertz CT molecular complexity index is 1320. The van der Waals surface area contributed by atoms with Gasteiger partial charge in [-0.2, -0.15) is 8.62 Å². The maximum absolute atomic E-state index is 12.0. The van der Waals surface area contributed by atoms with Crippen LogP contribution in [0.1, 0.15) is 30.0 Å². The molecule has 3 rings (SSSR count). The second kappa shape index (κ2) is 12.3. The van der Waals surface area contributed by atoms with Gasteiger partial charge in [0.2, 0.25) is 0 Å². The molecule has 2 aromatic rings. The number of amides is 1. The number of hydrogen-bond donors (Lipinski definition) is 6. The molecule has 5 atom stereocenters. The molecule has 22 heteroatoms. The van der Waals surface area contributed by atoms with Gasteiger partial charge >= 0.3 is 81.7 Å². The van der Waals surface area contributed by atoms with E-state index in [2.05, 4.69) is 23.1 Å². The van der Waals surface area contributed by atoms with Crippen LogP contribution in [-0.4, -0.2) is 58.2 Å². The van der Waals surface area contributed by atoms with Crippen LogP contribution in [0.25, 0.3) is 11.0 Å². The molecule has 0 bridgehead atoms. The first-order valence-corrected chi connectivity index (χ1v) is 14.1. The van der Waals surface area contributed by atoms with E-state index in [0.29, 0.717) is 5.82 Å². The Morgan fingerprint density at radius 1 is 1.22 bits per heavy atom. The van der Waals surface area contributed by atoms with Gasteiger partial charge in [0.05, 0.1) is 17.6 Å². The number of carbonyl (C=O) groups excluding carboxylic acids is 1. The molecule has 2 aromatic heterocycles. The molecule has 1 saturated heterocycles. The maximum Gasteiger partial charge on any atom is 1.00 e. The smallest absolute Gasteiger partial charge is 0.870 e. The summed E-state index contributed by atoms with van der Waals surface area (Å²) in [4.78, 5) is 56.5. The molecule has 1 aliphatic heterocycles. The number of nitrogen functional groups attached to an aromatic ring is 1. The zero-order valence-corrected chi connectivity index (χ0v) is 27.5. The van der Waals surface area contributed by atoms with Gasteiger partial charge in [0, 0.05) is 6.20 Å². The van der Waals surface area contributed by atoms with Crippen LogP contribution < -0.4 is 69.7 Å². The molecule has 2 unspecified atom stereocenters. The number of aryl methyl sites for hydroxylation is 1. The van der Waals surface area contributed by atoms with Gasteiger partial charge in [-0.1, -0.05) is 6.92 Å². The number of hydrogen-bond acceptors (Lipinski definition) is 12. The van der Waals surface area contributed by atoms with Crippen LogP contribution in [0.15, 0.2) is 6.20 Å². The van der Waals surface area contributed by atoms with Crippen LogP contribution >= 0.6 is 23.5 Å². The van der Waals surface area contributed by atoms with E-state index >= 15 is 0 Å². The molecule has 0 radical (unpaired) electrons. The standard InChI is InChI=1S/C15H23N5O12P3.H2O.Rb/c1-7-4-9(6-29-34(25,26)32-35(27,28)31-33(22,23)24)30-15(7,3)20-5-10(13(17)21)11-12(16)18-8(2)19-14(11)20;;/h4-5,7,9H,6H2,1-3H3,(H2,17,21)(H,25,26)(H,27,28)(H2,16,18,19)(H2,22,23,24);1H2;/q-1;;+1/p-1/t7-,9+,15-;;/m1../s1. The summed E-state index contributed by atoms with van der Waals surface area (Å²) in [5.41, 5.74) is 10.5. The predicted molar refractivity (Wildman–Crippen MR) is 119 cm³/mol. The fourth-order valence-electron chi connectivity index (χ4n) is 3.58. The fourth-order valence-corrected chi connectivity index (χ4v) is 6.61. The predicted octanol–water partition coefficient (Wildman–Crippen LogP) is -2.50. The second-order valence-electron chi connectivity index (χ2n) is 7.71. The van der Waals surface area contributed by atoms with Crippen LogP contribution in [0.3, 0.4) is 0 Å². The summed E-state index contributed by atoms with van der Waals surface area (Å²) in [6.07, 6.45) is 1.99. The summed E-state index contributed by atoms with van der Waals surface area (Å²) in [7, 11) is -16.5. The quantitative estimate of drug-likeness (QED) is 0.120. The van der Waals surface area contributed by atoms with Crippen LogP contribution in [0.2, 0.25) is 0 Å². The minimum atomic E-state index is -5.65. The molecule has 0 saturated carbocycles. The van der Waals surface area contributed by atoms with Gasteiger partial charge in [-0.15, -0.1) is 5.92 Å². The van der Waals surface area contributed by atoms with Crippen LogP contribution in [0.5, 0.6) is 0 Å². The number of primary amides is 1. The van der Waals surface area contributed by atoms with E-state index in [4.69, 9.17) is 26.0 Å². The number of ether oxygens (including phenoxy) is 1. The number of phosphoric ester groups is 1. The van der Waals surface area contributed by atoms with E-state index in [9.17, 15) is 28.3 Å². The van der Waals surface area contributed by atoms with Crippen molar-refractivity contribution in [2.24, 2.45) is 11.7 Å². The Kier molecular flexibility index (Phi) is 11.6. The molecule has 1 amide bonds. The SMILES string of the molecule is Cc1nc(N)c2c(C(N)=O)cn([C@]3(C)O[C@H](COP(=O)(O)OP(=O)(O)OP(=O)(O)O)[CH-][C@H]3C)c2n1.[OH-].[Rb+]. The van der Waals surface area contributed by atoms with Gasteiger partial charge in [-0.05, 0) is 20.0 Å². The molecule has 1 aliphatic rings.